The van der Waals surface area contributed by atoms with Crippen LogP contribution in [-0.4, -0.2) is 33.8 Å². The number of benzene rings is 1. The van der Waals surface area contributed by atoms with E-state index >= 15 is 0 Å². The second-order valence-electron chi connectivity index (χ2n) is 6.83. The fourth-order valence-electron chi connectivity index (χ4n) is 3.45. The number of halogens is 2. The average Bonchev–Trinajstić information content (AvgIpc) is 3.14. The van der Waals surface area contributed by atoms with Gasteiger partial charge in [0.2, 0.25) is 11.0 Å². The Bertz CT molecular complexity index is 1020. The van der Waals surface area contributed by atoms with Crippen LogP contribution in [0.25, 0.3) is 10.6 Å². The zero-order chi connectivity index (χ0) is 19.7. The van der Waals surface area contributed by atoms with E-state index in [9.17, 15) is 13.6 Å². The Hall–Kier alpha value is -2.94. The van der Waals surface area contributed by atoms with Crippen LogP contribution in [0.15, 0.2) is 42.6 Å². The van der Waals surface area contributed by atoms with Crippen LogP contribution in [0, 0.1) is 5.82 Å². The number of hydrogen-bond donors (Lipinski definition) is 2. The van der Waals surface area contributed by atoms with Crippen LogP contribution in [0.4, 0.5) is 13.9 Å². The molecule has 1 saturated carbocycles. The molecular formula is C19H17F2N5OS. The van der Waals surface area contributed by atoms with Gasteiger partial charge < -0.3 is 11.1 Å². The summed E-state index contributed by atoms with van der Waals surface area (Å²) < 4.78 is 27.9. The Morgan fingerprint density at radius 2 is 2.11 bits per heavy atom. The number of carbonyl (C=O) groups is 1. The first-order valence-electron chi connectivity index (χ1n) is 8.69. The van der Waals surface area contributed by atoms with E-state index < -0.39 is 23.3 Å². The number of aromatic nitrogens is 3. The zero-order valence-corrected chi connectivity index (χ0v) is 15.5. The van der Waals surface area contributed by atoms with E-state index in [1.807, 2.05) is 0 Å². The number of anilines is 1. The number of nitrogens with two attached hydrogens (primary N) is 1. The van der Waals surface area contributed by atoms with Gasteiger partial charge in [0.15, 0.2) is 0 Å². The van der Waals surface area contributed by atoms with Crippen LogP contribution in [0.3, 0.4) is 0 Å². The molecule has 28 heavy (non-hydrogen) atoms. The first kappa shape index (κ1) is 18.4. The molecule has 1 aliphatic carbocycles. The van der Waals surface area contributed by atoms with Gasteiger partial charge in [0, 0.05) is 29.3 Å². The maximum Gasteiger partial charge on any atom is 0.248 e. The summed E-state index contributed by atoms with van der Waals surface area (Å²) >= 11 is 1.29. The monoisotopic (exact) mass is 401 g/mol. The summed E-state index contributed by atoms with van der Waals surface area (Å²) in [4.78, 5) is 15.5. The third-order valence-electron chi connectivity index (χ3n) is 4.88. The van der Waals surface area contributed by atoms with E-state index in [0.29, 0.717) is 22.2 Å². The maximum atomic E-state index is 14.2. The highest BCUT2D eigenvalue weighted by molar-refractivity contribution is 7.18. The first-order valence-corrected chi connectivity index (χ1v) is 9.51. The van der Waals surface area contributed by atoms with Gasteiger partial charge in [0.05, 0.1) is 5.69 Å². The summed E-state index contributed by atoms with van der Waals surface area (Å²) in [6.07, 6.45) is 0.964. The van der Waals surface area contributed by atoms with Gasteiger partial charge in [-0.2, -0.15) is 0 Å². The Morgan fingerprint density at radius 1 is 1.29 bits per heavy atom. The molecule has 144 valence electrons. The molecule has 1 fully saturated rings. The fourth-order valence-corrected chi connectivity index (χ4v) is 4.18. The lowest BCUT2D eigenvalue weighted by Crippen LogP contribution is -2.48. The molecule has 0 aliphatic heterocycles. The lowest BCUT2D eigenvalue weighted by molar-refractivity contribution is 0.0964. The number of primary amides is 1. The zero-order valence-electron chi connectivity index (χ0n) is 14.7. The summed E-state index contributed by atoms with van der Waals surface area (Å²) in [5, 5.41) is 12.5. The van der Waals surface area contributed by atoms with Crippen LogP contribution in [-0.2, 0) is 5.41 Å². The molecule has 0 atom stereocenters. The van der Waals surface area contributed by atoms with Crippen LogP contribution < -0.4 is 11.1 Å². The van der Waals surface area contributed by atoms with Gasteiger partial charge in [-0.3, -0.25) is 9.78 Å². The number of nitrogens with one attached hydrogen (secondary N) is 1. The summed E-state index contributed by atoms with van der Waals surface area (Å²) in [5.74, 6) is -0.952. The van der Waals surface area contributed by atoms with Crippen molar-refractivity contribution in [3.05, 3.63) is 59.7 Å². The second-order valence-corrected chi connectivity index (χ2v) is 7.81. The maximum absolute atomic E-state index is 14.2. The second kappa shape index (κ2) is 7.23. The Labute approximate surface area is 163 Å². The molecule has 0 saturated heterocycles. The minimum Gasteiger partial charge on any atom is -0.366 e. The predicted molar refractivity (Wildman–Crippen MR) is 102 cm³/mol. The normalized spacial score (nSPS) is 21.1. The third kappa shape index (κ3) is 3.45. The van der Waals surface area contributed by atoms with E-state index in [1.54, 1.807) is 24.3 Å². The lowest BCUT2D eigenvalue weighted by atomic mass is 9.65. The van der Waals surface area contributed by atoms with Gasteiger partial charge in [-0.15, -0.1) is 10.2 Å². The van der Waals surface area contributed by atoms with Gasteiger partial charge >= 0.3 is 0 Å². The van der Waals surface area contributed by atoms with E-state index in [1.165, 1.54) is 29.7 Å². The number of rotatable bonds is 6. The van der Waals surface area contributed by atoms with Crippen molar-refractivity contribution in [2.45, 2.75) is 24.4 Å². The molecule has 6 nitrogen and oxygen atoms in total. The van der Waals surface area contributed by atoms with E-state index in [0.717, 1.165) is 5.56 Å². The first-order chi connectivity index (χ1) is 13.5. The molecule has 1 amide bonds. The molecule has 0 spiro atoms. The van der Waals surface area contributed by atoms with Gasteiger partial charge in [-0.1, -0.05) is 23.5 Å². The van der Waals surface area contributed by atoms with E-state index in [2.05, 4.69) is 20.5 Å². The molecule has 9 heteroatoms. The van der Waals surface area contributed by atoms with Gasteiger partial charge in [0.25, 0.3) is 0 Å². The topological polar surface area (TPSA) is 93.8 Å². The van der Waals surface area contributed by atoms with Crippen LogP contribution >= 0.6 is 11.3 Å². The molecule has 4 rings (SSSR count). The minimum absolute atomic E-state index is 0.209. The Balaban J connectivity index is 1.52. The minimum atomic E-state index is -0.968. The average molecular weight is 401 g/mol. The Morgan fingerprint density at radius 3 is 2.82 bits per heavy atom. The molecule has 0 radical (unpaired) electrons. The quantitative estimate of drug-likeness (QED) is 0.661. The van der Waals surface area contributed by atoms with Gasteiger partial charge in [-0.25, -0.2) is 8.78 Å². The molecule has 0 unspecified atom stereocenters. The number of pyridine rings is 1. The molecule has 1 aliphatic rings. The molecule has 2 aromatic heterocycles. The molecule has 1 aromatic carbocycles. The molecule has 0 bridgehead atoms. The molecule has 3 aromatic rings. The number of nitrogens with zero attached hydrogens (tertiary/aromatic N) is 3. The van der Waals surface area contributed by atoms with Crippen molar-refractivity contribution < 1.29 is 13.6 Å². The number of hydrogen-bond acceptors (Lipinski definition) is 6. The molecule has 3 N–H and O–H groups in total. The summed E-state index contributed by atoms with van der Waals surface area (Å²) in [5.41, 5.74) is 5.98. The smallest absolute Gasteiger partial charge is 0.248 e. The van der Waals surface area contributed by atoms with Crippen molar-refractivity contribution in [3.63, 3.8) is 0 Å². The van der Waals surface area contributed by atoms with Crippen LogP contribution in [0.1, 0.15) is 28.9 Å². The molecule has 2 heterocycles. The van der Waals surface area contributed by atoms with Crippen molar-refractivity contribution in [1.29, 1.82) is 0 Å². The Kier molecular flexibility index (Phi) is 4.76. The summed E-state index contributed by atoms with van der Waals surface area (Å²) in [6.45, 7) is 0.303. The highest BCUT2D eigenvalue weighted by Gasteiger charge is 2.48. The summed E-state index contributed by atoms with van der Waals surface area (Å²) in [7, 11) is 0. The number of amides is 1. The van der Waals surface area contributed by atoms with Crippen molar-refractivity contribution in [1.82, 2.24) is 15.2 Å². The van der Waals surface area contributed by atoms with Crippen LogP contribution in [0.2, 0.25) is 0 Å². The summed E-state index contributed by atoms with van der Waals surface area (Å²) in [6, 6.07) is 9.66. The SMILES string of the molecule is NC(=O)c1cccc(-c2nnc(NCC3(c4ncccc4F)CC(F)C3)s2)c1. The van der Waals surface area contributed by atoms with Gasteiger partial charge in [-0.05, 0) is 37.1 Å². The third-order valence-corrected chi connectivity index (χ3v) is 5.81. The highest BCUT2D eigenvalue weighted by atomic mass is 32.1. The number of carbonyl (C=O) groups excluding carboxylic acids is 1. The standard InChI is InChI=1S/C19H17F2N5OS/c20-13-8-19(9-13,15-14(21)5-2-6-23-15)10-24-18-26-25-17(28-18)12-4-1-3-11(7-12)16(22)27/h1-7,13H,8-10H2,(H2,22,27)(H,24,26). The lowest BCUT2D eigenvalue weighted by Gasteiger charge is -2.43. The van der Waals surface area contributed by atoms with Crippen molar-refractivity contribution >= 4 is 22.4 Å². The van der Waals surface area contributed by atoms with Crippen LogP contribution in [0.5, 0.6) is 0 Å². The van der Waals surface area contributed by atoms with Crippen molar-refractivity contribution in [2.75, 3.05) is 11.9 Å². The van der Waals surface area contributed by atoms with Crippen molar-refractivity contribution in [3.8, 4) is 10.6 Å². The van der Waals surface area contributed by atoms with Gasteiger partial charge in [0.1, 0.15) is 17.0 Å². The van der Waals surface area contributed by atoms with E-state index in [4.69, 9.17) is 5.73 Å². The number of alkyl halides is 1. The van der Waals surface area contributed by atoms with E-state index in [-0.39, 0.29) is 18.5 Å². The predicted octanol–water partition coefficient (Wildman–Crippen LogP) is 3.32. The largest absolute Gasteiger partial charge is 0.366 e. The fraction of sp³-hybridized carbons (Fsp3) is 0.263. The van der Waals surface area contributed by atoms with Crippen molar-refractivity contribution in [2.24, 2.45) is 5.73 Å². The highest BCUT2D eigenvalue weighted by Crippen LogP contribution is 2.45. The molecular weight excluding hydrogens is 384 g/mol.